The second-order valence-corrected chi connectivity index (χ2v) is 3.76. The summed E-state index contributed by atoms with van der Waals surface area (Å²) < 4.78 is 5.36. The fourth-order valence-corrected chi connectivity index (χ4v) is 1.50. The Balaban J connectivity index is 1.97. The number of ether oxygens (including phenoxy) is 1. The minimum atomic E-state index is -0.115. The van der Waals surface area contributed by atoms with Gasteiger partial charge in [0.1, 0.15) is 12.0 Å². The average Bonchev–Trinajstić information content (AvgIpc) is 2.46. The summed E-state index contributed by atoms with van der Waals surface area (Å²) >= 11 is 0. The summed E-state index contributed by atoms with van der Waals surface area (Å²) in [7, 11) is 0. The molecule has 2 aromatic rings. The van der Waals surface area contributed by atoms with Gasteiger partial charge in [-0.25, -0.2) is 0 Å². The zero-order chi connectivity index (χ0) is 12.8. The highest BCUT2D eigenvalue weighted by molar-refractivity contribution is 5.97. The average molecular weight is 240 g/mol. The van der Waals surface area contributed by atoms with Gasteiger partial charge in [0.25, 0.3) is 0 Å². The van der Waals surface area contributed by atoms with Crippen LogP contribution < -0.4 is 4.74 Å². The predicted molar refractivity (Wildman–Crippen MR) is 68.1 cm³/mol. The normalized spacial score (nSPS) is 9.78. The number of benzene rings is 2. The van der Waals surface area contributed by atoms with Crippen LogP contribution in [0.15, 0.2) is 54.6 Å². The lowest BCUT2D eigenvalue weighted by Crippen LogP contribution is -2.11. The minimum Gasteiger partial charge on any atom is -0.485 e. The van der Waals surface area contributed by atoms with Crippen molar-refractivity contribution in [3.8, 4) is 5.75 Å². The number of carbonyl (C=O) groups is 2. The van der Waals surface area contributed by atoms with E-state index in [1.54, 1.807) is 36.4 Å². The highest BCUT2D eigenvalue weighted by atomic mass is 16.5. The Bertz CT molecular complexity index is 529. The molecule has 0 aliphatic carbocycles. The van der Waals surface area contributed by atoms with Gasteiger partial charge in [-0.3, -0.25) is 9.59 Å². The van der Waals surface area contributed by atoms with Gasteiger partial charge in [-0.2, -0.15) is 0 Å². The highest BCUT2D eigenvalue weighted by Crippen LogP contribution is 2.10. The number of rotatable bonds is 5. The third kappa shape index (κ3) is 3.04. The number of para-hydroxylation sites is 1. The highest BCUT2D eigenvalue weighted by Gasteiger charge is 2.06. The van der Waals surface area contributed by atoms with Crippen LogP contribution in [0.2, 0.25) is 0 Å². The lowest BCUT2D eigenvalue weighted by molar-refractivity contribution is 0.0921. The maximum atomic E-state index is 11.8. The molecule has 0 aliphatic heterocycles. The topological polar surface area (TPSA) is 43.4 Å². The molecule has 0 aromatic heterocycles. The van der Waals surface area contributed by atoms with Crippen LogP contribution in [0.3, 0.4) is 0 Å². The lowest BCUT2D eigenvalue weighted by Gasteiger charge is -2.05. The minimum absolute atomic E-state index is 0.00947. The third-order valence-electron chi connectivity index (χ3n) is 2.48. The van der Waals surface area contributed by atoms with Crippen molar-refractivity contribution in [3.63, 3.8) is 0 Å². The molecule has 18 heavy (non-hydrogen) atoms. The van der Waals surface area contributed by atoms with Crippen LogP contribution in [-0.4, -0.2) is 18.7 Å². The maximum absolute atomic E-state index is 11.8. The molecule has 3 nitrogen and oxygen atoms in total. The fraction of sp³-hybridized carbons (Fsp3) is 0.0667. The molecule has 0 aliphatic rings. The van der Waals surface area contributed by atoms with Gasteiger partial charge in [0, 0.05) is 11.1 Å². The molecule has 3 heteroatoms. The van der Waals surface area contributed by atoms with E-state index in [1.807, 2.05) is 18.2 Å². The molecule has 90 valence electrons. The second kappa shape index (κ2) is 5.77. The summed E-state index contributed by atoms with van der Waals surface area (Å²) in [6.07, 6.45) is 0.745. The first-order valence-corrected chi connectivity index (χ1v) is 5.56. The fourth-order valence-electron chi connectivity index (χ4n) is 1.50. The molecule has 0 fully saturated rings. The number of hydrogen-bond acceptors (Lipinski definition) is 3. The number of Topliss-reactive ketones (excluding diaryl/α,β-unsaturated/α-hetero) is 1. The van der Waals surface area contributed by atoms with Crippen LogP contribution in [0, 0.1) is 0 Å². The van der Waals surface area contributed by atoms with Crippen LogP contribution in [0.5, 0.6) is 5.75 Å². The first-order valence-electron chi connectivity index (χ1n) is 5.56. The Hall–Kier alpha value is -2.42. The van der Waals surface area contributed by atoms with E-state index in [0.717, 1.165) is 6.29 Å². The van der Waals surface area contributed by atoms with Crippen LogP contribution in [-0.2, 0) is 0 Å². The Morgan fingerprint density at radius 1 is 1.00 bits per heavy atom. The molecule has 0 amide bonds. The van der Waals surface area contributed by atoms with Crippen molar-refractivity contribution in [2.24, 2.45) is 0 Å². The number of ketones is 1. The van der Waals surface area contributed by atoms with Crippen LogP contribution in [0.4, 0.5) is 0 Å². The summed E-state index contributed by atoms with van der Waals surface area (Å²) in [5.41, 5.74) is 1.09. The molecule has 0 heterocycles. The second-order valence-electron chi connectivity index (χ2n) is 3.76. The Labute approximate surface area is 105 Å². The SMILES string of the molecule is O=Cc1ccc(C(=O)COc2ccccc2)cc1. The van der Waals surface area contributed by atoms with E-state index >= 15 is 0 Å². The van der Waals surface area contributed by atoms with Crippen molar-refractivity contribution in [2.75, 3.05) is 6.61 Å². The molecule has 0 saturated heterocycles. The van der Waals surface area contributed by atoms with Gasteiger partial charge >= 0.3 is 0 Å². The van der Waals surface area contributed by atoms with Crippen molar-refractivity contribution >= 4 is 12.1 Å². The monoisotopic (exact) mass is 240 g/mol. The van der Waals surface area contributed by atoms with Gasteiger partial charge in [0.15, 0.2) is 12.4 Å². The van der Waals surface area contributed by atoms with E-state index in [1.165, 1.54) is 0 Å². The molecular formula is C15H12O3. The van der Waals surface area contributed by atoms with Gasteiger partial charge in [-0.05, 0) is 12.1 Å². The standard InChI is InChI=1S/C15H12O3/c16-10-12-6-8-13(9-7-12)15(17)11-18-14-4-2-1-3-5-14/h1-10H,11H2. The molecule has 0 atom stereocenters. The maximum Gasteiger partial charge on any atom is 0.200 e. The van der Waals surface area contributed by atoms with Gasteiger partial charge in [-0.1, -0.05) is 42.5 Å². The van der Waals surface area contributed by atoms with Crippen LogP contribution in [0.25, 0.3) is 0 Å². The lowest BCUT2D eigenvalue weighted by atomic mass is 10.1. The number of aldehydes is 1. The quantitative estimate of drug-likeness (QED) is 0.596. The largest absolute Gasteiger partial charge is 0.485 e. The molecule has 0 spiro atoms. The molecule has 0 N–H and O–H groups in total. The molecule has 0 radical (unpaired) electrons. The Kier molecular flexibility index (Phi) is 3.86. The van der Waals surface area contributed by atoms with Crippen LogP contribution in [0.1, 0.15) is 20.7 Å². The summed E-state index contributed by atoms with van der Waals surface area (Å²) in [4.78, 5) is 22.3. The Morgan fingerprint density at radius 3 is 2.28 bits per heavy atom. The summed E-state index contributed by atoms with van der Waals surface area (Å²) in [6.45, 7) is -0.00947. The molecular weight excluding hydrogens is 228 g/mol. The van der Waals surface area contributed by atoms with Gasteiger partial charge in [0.2, 0.25) is 0 Å². The molecule has 2 aromatic carbocycles. The molecule has 0 unspecified atom stereocenters. The van der Waals surface area contributed by atoms with E-state index in [4.69, 9.17) is 4.74 Å². The van der Waals surface area contributed by atoms with Crippen molar-refractivity contribution in [1.29, 1.82) is 0 Å². The zero-order valence-corrected chi connectivity index (χ0v) is 9.71. The van der Waals surface area contributed by atoms with Gasteiger partial charge in [-0.15, -0.1) is 0 Å². The van der Waals surface area contributed by atoms with E-state index in [-0.39, 0.29) is 12.4 Å². The van der Waals surface area contributed by atoms with E-state index in [2.05, 4.69) is 0 Å². The van der Waals surface area contributed by atoms with E-state index < -0.39 is 0 Å². The summed E-state index contributed by atoms with van der Waals surface area (Å²) in [6, 6.07) is 15.6. The van der Waals surface area contributed by atoms with Crippen molar-refractivity contribution in [1.82, 2.24) is 0 Å². The number of carbonyl (C=O) groups excluding carboxylic acids is 2. The Morgan fingerprint density at radius 2 is 1.67 bits per heavy atom. The van der Waals surface area contributed by atoms with Crippen molar-refractivity contribution < 1.29 is 14.3 Å². The molecule has 0 bridgehead atoms. The third-order valence-corrected chi connectivity index (χ3v) is 2.48. The predicted octanol–water partition coefficient (Wildman–Crippen LogP) is 2.76. The van der Waals surface area contributed by atoms with Crippen LogP contribution >= 0.6 is 0 Å². The number of hydrogen-bond donors (Lipinski definition) is 0. The zero-order valence-electron chi connectivity index (χ0n) is 9.71. The van der Waals surface area contributed by atoms with E-state index in [9.17, 15) is 9.59 Å². The van der Waals surface area contributed by atoms with E-state index in [0.29, 0.717) is 16.9 Å². The molecule has 2 rings (SSSR count). The van der Waals surface area contributed by atoms with Crippen molar-refractivity contribution in [3.05, 3.63) is 65.7 Å². The first-order chi connectivity index (χ1) is 8.79. The van der Waals surface area contributed by atoms with Gasteiger partial charge < -0.3 is 4.74 Å². The van der Waals surface area contributed by atoms with Crippen molar-refractivity contribution in [2.45, 2.75) is 0 Å². The van der Waals surface area contributed by atoms with Gasteiger partial charge in [0.05, 0.1) is 0 Å². The summed E-state index contributed by atoms with van der Waals surface area (Å²) in [5.74, 6) is 0.548. The smallest absolute Gasteiger partial charge is 0.200 e. The first kappa shape index (κ1) is 12.0. The molecule has 0 saturated carbocycles. The summed E-state index contributed by atoms with van der Waals surface area (Å²) in [5, 5.41) is 0.